The van der Waals surface area contributed by atoms with E-state index in [1.165, 1.54) is 11.6 Å². The molecule has 1 aliphatic carbocycles. The van der Waals surface area contributed by atoms with Crippen molar-refractivity contribution in [2.24, 2.45) is 11.3 Å². The molecule has 6 heteroatoms. The van der Waals surface area contributed by atoms with E-state index in [4.69, 9.17) is 16.3 Å². The van der Waals surface area contributed by atoms with Crippen LogP contribution in [0, 0.1) is 17.2 Å². The summed E-state index contributed by atoms with van der Waals surface area (Å²) in [6.07, 6.45) is 2.75. The lowest BCUT2D eigenvalue weighted by molar-refractivity contribution is -0.0348. The molecule has 0 spiro atoms. The number of piperidine rings is 3. The lowest BCUT2D eigenvalue weighted by atomic mass is 9.85. The SMILES string of the molecule is CC1(C)Cc2cc(-c3ccc(F)c(Cl)c3)ccc2C1NC(=O)O[C@H]1CN2CCC1CC2. The smallest absolute Gasteiger partial charge is 0.407 e. The Bertz CT molecular complexity index is 1020. The lowest BCUT2D eigenvalue weighted by Crippen LogP contribution is -2.53. The van der Waals surface area contributed by atoms with Crippen LogP contribution in [0.3, 0.4) is 0 Å². The summed E-state index contributed by atoms with van der Waals surface area (Å²) < 4.78 is 19.4. The highest BCUT2D eigenvalue weighted by atomic mass is 35.5. The zero-order valence-corrected chi connectivity index (χ0v) is 18.7. The average molecular weight is 443 g/mol. The molecule has 4 aliphatic rings. The van der Waals surface area contributed by atoms with Gasteiger partial charge in [0.05, 0.1) is 11.1 Å². The lowest BCUT2D eigenvalue weighted by Gasteiger charge is -2.44. The van der Waals surface area contributed by atoms with Crippen LogP contribution in [0.1, 0.15) is 43.9 Å². The molecule has 3 fully saturated rings. The number of carbonyl (C=O) groups excluding carboxylic acids is 1. The Morgan fingerprint density at radius 1 is 1.16 bits per heavy atom. The van der Waals surface area contributed by atoms with Crippen molar-refractivity contribution in [1.29, 1.82) is 0 Å². The summed E-state index contributed by atoms with van der Waals surface area (Å²) in [7, 11) is 0. The average Bonchev–Trinajstić information content (AvgIpc) is 2.99. The number of fused-ring (bicyclic) bond motifs is 4. The number of rotatable bonds is 3. The van der Waals surface area contributed by atoms with Gasteiger partial charge in [0, 0.05) is 6.54 Å². The van der Waals surface area contributed by atoms with Crippen molar-refractivity contribution in [1.82, 2.24) is 10.2 Å². The molecule has 3 heterocycles. The standard InChI is InChI=1S/C25H28ClFN2O2/c1-25(2)13-18-11-16(17-4-6-21(27)20(26)12-17)3-5-19(18)23(25)28-24(30)31-22-14-29-9-7-15(22)8-10-29/h3-6,11-12,15,22-23H,7-10,13-14H2,1-2H3,(H,28,30)/t22-,23?/m0/s1. The monoisotopic (exact) mass is 442 g/mol. The van der Waals surface area contributed by atoms with Gasteiger partial charge in [-0.25, -0.2) is 9.18 Å². The maximum absolute atomic E-state index is 13.5. The Morgan fingerprint density at radius 3 is 2.55 bits per heavy atom. The van der Waals surface area contributed by atoms with E-state index in [1.807, 2.05) is 6.07 Å². The van der Waals surface area contributed by atoms with E-state index in [0.29, 0.717) is 5.92 Å². The van der Waals surface area contributed by atoms with Gasteiger partial charge in [0.15, 0.2) is 0 Å². The number of alkyl carbamates (subject to hydrolysis) is 1. The molecule has 2 bridgehead atoms. The van der Waals surface area contributed by atoms with Crippen molar-refractivity contribution in [3.63, 3.8) is 0 Å². The Kier molecular flexibility index (Phi) is 5.22. The van der Waals surface area contributed by atoms with Gasteiger partial charge in [0.25, 0.3) is 0 Å². The van der Waals surface area contributed by atoms with E-state index in [2.05, 4.69) is 36.2 Å². The summed E-state index contributed by atoms with van der Waals surface area (Å²) in [5.41, 5.74) is 4.05. The molecule has 2 aromatic rings. The highest BCUT2D eigenvalue weighted by Gasteiger charge is 2.42. The van der Waals surface area contributed by atoms with Crippen LogP contribution in [0.25, 0.3) is 11.1 Å². The first-order valence-electron chi connectivity index (χ1n) is 11.1. The van der Waals surface area contributed by atoms with Crippen molar-refractivity contribution in [2.75, 3.05) is 19.6 Å². The molecule has 0 aromatic heterocycles. The molecule has 31 heavy (non-hydrogen) atoms. The van der Waals surface area contributed by atoms with Crippen LogP contribution in [-0.4, -0.2) is 36.7 Å². The van der Waals surface area contributed by atoms with Crippen molar-refractivity contribution in [3.8, 4) is 11.1 Å². The summed E-state index contributed by atoms with van der Waals surface area (Å²) in [5.74, 6) is 0.0724. The van der Waals surface area contributed by atoms with E-state index in [1.54, 1.807) is 12.1 Å². The number of nitrogens with zero attached hydrogens (tertiary/aromatic N) is 1. The van der Waals surface area contributed by atoms with Gasteiger partial charge < -0.3 is 10.1 Å². The first-order chi connectivity index (χ1) is 14.8. The molecule has 4 nitrogen and oxygen atoms in total. The van der Waals surface area contributed by atoms with E-state index < -0.39 is 5.82 Å². The molecule has 0 radical (unpaired) electrons. The summed E-state index contributed by atoms with van der Waals surface area (Å²) >= 11 is 5.97. The van der Waals surface area contributed by atoms with Crippen LogP contribution in [0.2, 0.25) is 5.02 Å². The van der Waals surface area contributed by atoms with Crippen LogP contribution in [-0.2, 0) is 11.2 Å². The minimum absolute atomic E-state index is 0.00270. The van der Waals surface area contributed by atoms with E-state index in [0.717, 1.165) is 55.6 Å². The maximum Gasteiger partial charge on any atom is 0.407 e. The Labute approximate surface area is 187 Å². The van der Waals surface area contributed by atoms with E-state index in [-0.39, 0.29) is 28.7 Å². The van der Waals surface area contributed by atoms with Gasteiger partial charge in [-0.3, -0.25) is 4.90 Å². The molecule has 3 saturated heterocycles. The van der Waals surface area contributed by atoms with Gasteiger partial charge in [0.2, 0.25) is 0 Å². The van der Waals surface area contributed by atoms with Gasteiger partial charge >= 0.3 is 6.09 Å². The second kappa shape index (κ2) is 7.79. The third kappa shape index (κ3) is 3.94. The van der Waals surface area contributed by atoms with Crippen LogP contribution in [0.15, 0.2) is 36.4 Å². The molecular formula is C25H28ClFN2O2. The molecule has 1 unspecified atom stereocenters. The number of amides is 1. The van der Waals surface area contributed by atoms with Crippen molar-refractivity contribution in [3.05, 3.63) is 58.4 Å². The predicted octanol–water partition coefficient (Wildman–Crippen LogP) is 5.59. The normalized spacial score (nSPS) is 28.3. The predicted molar refractivity (Wildman–Crippen MR) is 120 cm³/mol. The zero-order chi connectivity index (χ0) is 21.8. The van der Waals surface area contributed by atoms with E-state index >= 15 is 0 Å². The molecule has 0 saturated carbocycles. The summed E-state index contributed by atoms with van der Waals surface area (Å²) in [5, 5.41) is 3.28. The van der Waals surface area contributed by atoms with Crippen LogP contribution < -0.4 is 5.32 Å². The number of benzene rings is 2. The number of carbonyl (C=O) groups is 1. The first kappa shape index (κ1) is 20.8. The van der Waals surface area contributed by atoms with Gasteiger partial charge in [-0.15, -0.1) is 0 Å². The summed E-state index contributed by atoms with van der Waals surface area (Å²) in [6.45, 7) is 7.43. The molecule has 3 aliphatic heterocycles. The summed E-state index contributed by atoms with van der Waals surface area (Å²) in [4.78, 5) is 15.2. The maximum atomic E-state index is 13.5. The number of hydrogen-bond donors (Lipinski definition) is 1. The fourth-order valence-corrected chi connectivity index (χ4v) is 5.70. The molecule has 6 rings (SSSR count). The van der Waals surface area contributed by atoms with Crippen molar-refractivity contribution >= 4 is 17.7 Å². The molecule has 1 amide bonds. The second-order valence-electron chi connectivity index (χ2n) is 9.87. The minimum atomic E-state index is -0.418. The number of ether oxygens (including phenoxy) is 1. The molecular weight excluding hydrogens is 415 g/mol. The van der Waals surface area contributed by atoms with Crippen LogP contribution in [0.5, 0.6) is 0 Å². The highest BCUT2D eigenvalue weighted by Crippen LogP contribution is 2.46. The molecule has 2 aromatic carbocycles. The second-order valence-corrected chi connectivity index (χ2v) is 10.3. The van der Waals surface area contributed by atoms with E-state index in [9.17, 15) is 9.18 Å². The zero-order valence-electron chi connectivity index (χ0n) is 18.0. The number of nitrogens with one attached hydrogen (secondary N) is 1. The van der Waals surface area contributed by atoms with Crippen molar-refractivity contribution < 1.29 is 13.9 Å². The van der Waals surface area contributed by atoms with Gasteiger partial charge in [-0.05, 0) is 78.1 Å². The topological polar surface area (TPSA) is 41.6 Å². The fourth-order valence-electron chi connectivity index (χ4n) is 5.52. The molecule has 2 atom stereocenters. The van der Waals surface area contributed by atoms with Gasteiger partial charge in [0.1, 0.15) is 11.9 Å². The third-order valence-corrected chi connectivity index (χ3v) is 7.54. The fraction of sp³-hybridized carbons (Fsp3) is 0.480. The first-order valence-corrected chi connectivity index (χ1v) is 11.5. The quantitative estimate of drug-likeness (QED) is 0.673. The molecule has 164 valence electrons. The molecule has 1 N–H and O–H groups in total. The minimum Gasteiger partial charge on any atom is -0.445 e. The van der Waals surface area contributed by atoms with Crippen LogP contribution in [0.4, 0.5) is 9.18 Å². The third-order valence-electron chi connectivity index (χ3n) is 7.25. The Balaban J connectivity index is 1.33. The van der Waals surface area contributed by atoms with Crippen LogP contribution >= 0.6 is 11.6 Å². The number of halogens is 2. The Morgan fingerprint density at radius 2 is 1.87 bits per heavy atom. The largest absolute Gasteiger partial charge is 0.445 e. The number of hydrogen-bond acceptors (Lipinski definition) is 3. The Hall–Kier alpha value is -2.11. The summed E-state index contributed by atoms with van der Waals surface area (Å²) in [6, 6.07) is 10.9. The van der Waals surface area contributed by atoms with Crippen molar-refractivity contribution in [2.45, 2.75) is 45.3 Å². The van der Waals surface area contributed by atoms with Gasteiger partial charge in [-0.2, -0.15) is 0 Å². The highest BCUT2D eigenvalue weighted by molar-refractivity contribution is 6.31. The van der Waals surface area contributed by atoms with Gasteiger partial charge in [-0.1, -0.05) is 49.7 Å².